The van der Waals surface area contributed by atoms with E-state index in [1.165, 1.54) is 0 Å². The van der Waals surface area contributed by atoms with Crippen molar-refractivity contribution in [3.05, 3.63) is 0 Å². The number of hydrogen-bond acceptors (Lipinski definition) is 3. The van der Waals surface area contributed by atoms with Crippen LogP contribution in [0.25, 0.3) is 0 Å². The lowest BCUT2D eigenvalue weighted by Gasteiger charge is -2.04. The Balaban J connectivity index is 3.11. The zero-order valence-electron chi connectivity index (χ0n) is 8.34. The molecule has 0 aromatic carbocycles. The lowest BCUT2D eigenvalue weighted by molar-refractivity contribution is -0.122. The summed E-state index contributed by atoms with van der Waals surface area (Å²) >= 11 is 0. The minimum absolute atomic E-state index is 0.0606. The van der Waals surface area contributed by atoms with E-state index in [4.69, 9.17) is 10.5 Å². The molecule has 0 heterocycles. The van der Waals surface area contributed by atoms with Gasteiger partial charge in [-0.1, -0.05) is 0 Å². The molecule has 0 radical (unpaired) electrons. The van der Waals surface area contributed by atoms with Gasteiger partial charge >= 0.3 is 0 Å². The summed E-state index contributed by atoms with van der Waals surface area (Å²) in [6.07, 6.45) is 2.37. The maximum Gasteiger partial charge on any atom is 0.222 e. The van der Waals surface area contributed by atoms with Crippen LogP contribution in [0.5, 0.6) is 0 Å². The number of unbranched alkanes of at least 4 members (excludes halogenated alkanes) is 1. The summed E-state index contributed by atoms with van der Waals surface area (Å²) in [5.74, 6) is 0.0606. The summed E-state index contributed by atoms with van der Waals surface area (Å²) in [6.45, 7) is 4.51. The number of ether oxygens (including phenoxy) is 1. The molecule has 0 unspecified atom stereocenters. The predicted octanol–water partition coefficient (Wildman–Crippen LogP) is 0.268. The van der Waals surface area contributed by atoms with E-state index < -0.39 is 0 Å². The summed E-state index contributed by atoms with van der Waals surface area (Å²) in [5.41, 5.74) is 5.31. The molecule has 0 fully saturated rings. The minimum atomic E-state index is 0.0606. The fourth-order valence-corrected chi connectivity index (χ4v) is 0.895. The fraction of sp³-hybridized carbons (Fsp3) is 0.889. The van der Waals surface area contributed by atoms with Gasteiger partial charge in [-0.2, -0.15) is 0 Å². The Hall–Kier alpha value is -0.610. The van der Waals surface area contributed by atoms with E-state index >= 15 is 0 Å². The molecule has 0 aliphatic carbocycles. The maximum atomic E-state index is 11.1. The molecule has 0 saturated heterocycles. The molecule has 4 heteroatoms. The molecular formula is C9H20N2O2. The summed E-state index contributed by atoms with van der Waals surface area (Å²) in [6, 6.07) is 0. The number of carbonyl (C=O) groups is 1. The Kier molecular flexibility index (Phi) is 9.03. The summed E-state index contributed by atoms with van der Waals surface area (Å²) < 4.78 is 5.05. The molecule has 0 spiro atoms. The lowest BCUT2D eigenvalue weighted by Crippen LogP contribution is -2.25. The zero-order chi connectivity index (χ0) is 9.94. The van der Waals surface area contributed by atoms with Crippen LogP contribution < -0.4 is 11.1 Å². The molecular weight excluding hydrogens is 168 g/mol. The molecule has 3 N–H and O–H groups in total. The first-order valence-corrected chi connectivity index (χ1v) is 4.85. The van der Waals surface area contributed by atoms with Crippen molar-refractivity contribution in [2.24, 2.45) is 5.73 Å². The molecule has 0 atom stereocenters. The van der Waals surface area contributed by atoms with Crippen molar-refractivity contribution in [3.8, 4) is 0 Å². The van der Waals surface area contributed by atoms with Crippen molar-refractivity contribution in [1.82, 2.24) is 5.32 Å². The van der Waals surface area contributed by atoms with Crippen molar-refractivity contribution in [2.75, 3.05) is 26.3 Å². The van der Waals surface area contributed by atoms with E-state index in [1.807, 2.05) is 6.92 Å². The van der Waals surface area contributed by atoms with Crippen LogP contribution in [0, 0.1) is 0 Å². The third-order valence-electron chi connectivity index (χ3n) is 1.63. The molecule has 0 aromatic rings. The summed E-state index contributed by atoms with van der Waals surface area (Å²) in [4.78, 5) is 11.1. The lowest BCUT2D eigenvalue weighted by atomic mass is 10.3. The van der Waals surface area contributed by atoms with Gasteiger partial charge in [0, 0.05) is 19.6 Å². The Morgan fingerprint density at radius 2 is 2.23 bits per heavy atom. The molecule has 4 nitrogen and oxygen atoms in total. The molecule has 13 heavy (non-hydrogen) atoms. The van der Waals surface area contributed by atoms with E-state index in [0.29, 0.717) is 26.2 Å². The Morgan fingerprint density at radius 3 is 2.85 bits per heavy atom. The Morgan fingerprint density at radius 1 is 1.46 bits per heavy atom. The quantitative estimate of drug-likeness (QED) is 0.537. The van der Waals surface area contributed by atoms with Crippen LogP contribution in [0.2, 0.25) is 0 Å². The monoisotopic (exact) mass is 188 g/mol. The Bertz CT molecular complexity index is 129. The second-order valence-corrected chi connectivity index (χ2v) is 2.79. The largest absolute Gasteiger partial charge is 0.381 e. The van der Waals surface area contributed by atoms with Gasteiger partial charge in [0.25, 0.3) is 0 Å². The topological polar surface area (TPSA) is 64.3 Å². The van der Waals surface area contributed by atoms with Crippen molar-refractivity contribution in [2.45, 2.75) is 26.2 Å². The number of rotatable bonds is 8. The zero-order valence-corrected chi connectivity index (χ0v) is 8.34. The van der Waals surface area contributed by atoms with Gasteiger partial charge in [0.1, 0.15) is 0 Å². The first kappa shape index (κ1) is 12.4. The van der Waals surface area contributed by atoms with Gasteiger partial charge < -0.3 is 15.8 Å². The minimum Gasteiger partial charge on any atom is -0.381 e. The second-order valence-electron chi connectivity index (χ2n) is 2.79. The predicted molar refractivity (Wildman–Crippen MR) is 52.4 cm³/mol. The van der Waals surface area contributed by atoms with Gasteiger partial charge in [0.05, 0.1) is 6.61 Å². The average Bonchev–Trinajstić information content (AvgIpc) is 2.13. The number of nitrogens with two attached hydrogens (primary N) is 1. The van der Waals surface area contributed by atoms with Crippen LogP contribution >= 0.6 is 0 Å². The van der Waals surface area contributed by atoms with E-state index in [-0.39, 0.29) is 5.91 Å². The highest BCUT2D eigenvalue weighted by atomic mass is 16.5. The standard InChI is InChI=1S/C9H20N2O2/c1-2-13-8-5-9(12)11-7-4-3-6-10/h2-8,10H2,1H3,(H,11,12). The molecule has 0 bridgehead atoms. The van der Waals surface area contributed by atoms with E-state index in [1.54, 1.807) is 0 Å². The SMILES string of the molecule is CCOCCC(=O)NCCCCN. The Labute approximate surface area is 79.8 Å². The molecule has 0 aromatic heterocycles. The average molecular weight is 188 g/mol. The van der Waals surface area contributed by atoms with Crippen LogP contribution in [0.1, 0.15) is 26.2 Å². The first-order valence-electron chi connectivity index (χ1n) is 4.85. The number of amides is 1. The normalized spacial score (nSPS) is 10.0. The molecule has 1 amide bonds. The van der Waals surface area contributed by atoms with E-state index in [0.717, 1.165) is 19.4 Å². The van der Waals surface area contributed by atoms with Gasteiger partial charge in [-0.15, -0.1) is 0 Å². The van der Waals surface area contributed by atoms with E-state index in [9.17, 15) is 4.79 Å². The molecule has 0 rings (SSSR count). The van der Waals surface area contributed by atoms with Crippen molar-refractivity contribution in [1.29, 1.82) is 0 Å². The van der Waals surface area contributed by atoms with Gasteiger partial charge in [0.2, 0.25) is 5.91 Å². The molecule has 0 saturated carbocycles. The van der Waals surface area contributed by atoms with Gasteiger partial charge in [-0.3, -0.25) is 4.79 Å². The number of carbonyl (C=O) groups excluding carboxylic acids is 1. The molecule has 0 aliphatic rings. The van der Waals surface area contributed by atoms with Crippen molar-refractivity contribution in [3.63, 3.8) is 0 Å². The maximum absolute atomic E-state index is 11.1. The third kappa shape index (κ3) is 9.30. The number of hydrogen-bond donors (Lipinski definition) is 2. The van der Waals surface area contributed by atoms with Crippen molar-refractivity contribution >= 4 is 5.91 Å². The van der Waals surface area contributed by atoms with Crippen LogP contribution in [0.15, 0.2) is 0 Å². The first-order chi connectivity index (χ1) is 6.31. The van der Waals surface area contributed by atoms with Gasteiger partial charge in [-0.05, 0) is 26.3 Å². The van der Waals surface area contributed by atoms with Crippen LogP contribution in [-0.2, 0) is 9.53 Å². The van der Waals surface area contributed by atoms with Gasteiger partial charge in [-0.25, -0.2) is 0 Å². The van der Waals surface area contributed by atoms with Crippen LogP contribution in [-0.4, -0.2) is 32.2 Å². The van der Waals surface area contributed by atoms with Gasteiger partial charge in [0.15, 0.2) is 0 Å². The van der Waals surface area contributed by atoms with E-state index in [2.05, 4.69) is 5.32 Å². The van der Waals surface area contributed by atoms with Crippen LogP contribution in [0.4, 0.5) is 0 Å². The summed E-state index contributed by atoms with van der Waals surface area (Å²) in [7, 11) is 0. The third-order valence-corrected chi connectivity index (χ3v) is 1.63. The number of nitrogens with one attached hydrogen (secondary N) is 1. The fourth-order valence-electron chi connectivity index (χ4n) is 0.895. The van der Waals surface area contributed by atoms with Crippen molar-refractivity contribution < 1.29 is 9.53 Å². The highest BCUT2D eigenvalue weighted by Crippen LogP contribution is 1.85. The molecule has 78 valence electrons. The molecule has 0 aliphatic heterocycles. The second kappa shape index (κ2) is 9.48. The highest BCUT2D eigenvalue weighted by molar-refractivity contribution is 5.75. The summed E-state index contributed by atoms with van der Waals surface area (Å²) in [5, 5.41) is 2.80. The smallest absolute Gasteiger partial charge is 0.222 e. The highest BCUT2D eigenvalue weighted by Gasteiger charge is 1.98. The van der Waals surface area contributed by atoms with Crippen LogP contribution in [0.3, 0.4) is 0 Å².